The average molecular weight is 407 g/mol. The van der Waals surface area contributed by atoms with E-state index in [0.29, 0.717) is 23.5 Å². The fourth-order valence-electron chi connectivity index (χ4n) is 3.83. The quantitative estimate of drug-likeness (QED) is 0.477. The summed E-state index contributed by atoms with van der Waals surface area (Å²) in [7, 11) is 1.63. The molecule has 0 aliphatic carbocycles. The lowest BCUT2D eigenvalue weighted by Crippen LogP contribution is -2.39. The van der Waals surface area contributed by atoms with Crippen LogP contribution in [0.15, 0.2) is 46.0 Å². The molecular weight excluding hydrogens is 382 g/mol. The van der Waals surface area contributed by atoms with Gasteiger partial charge in [0, 0.05) is 24.1 Å². The topological polar surface area (TPSA) is 75.5 Å². The molecule has 1 aromatic carbocycles. The Bertz CT molecular complexity index is 1410. The molecule has 0 atom stereocenters. The molecule has 0 amide bonds. The molecule has 4 aromatic rings. The second-order valence-corrected chi connectivity index (χ2v) is 7.54. The van der Waals surface area contributed by atoms with Crippen LogP contribution in [0, 0.1) is 13.8 Å². The Morgan fingerprint density at radius 3 is 2.40 bits per heavy atom. The van der Waals surface area contributed by atoms with Crippen molar-refractivity contribution in [2.75, 3.05) is 6.61 Å². The van der Waals surface area contributed by atoms with Crippen LogP contribution in [0.2, 0.25) is 0 Å². The second kappa shape index (κ2) is 7.05. The predicted molar refractivity (Wildman–Crippen MR) is 117 cm³/mol. The minimum absolute atomic E-state index is 0.173. The van der Waals surface area contributed by atoms with Crippen LogP contribution >= 0.6 is 0 Å². The fourth-order valence-corrected chi connectivity index (χ4v) is 3.83. The SMILES string of the molecule is C=C(C)Cn1c(=O)c2c(nc3n(-c4ccc(OCC)cc4)c(C)c(C)n23)n(C)c1=O. The summed E-state index contributed by atoms with van der Waals surface area (Å²) in [5.74, 6) is 1.38. The van der Waals surface area contributed by atoms with E-state index >= 15 is 0 Å². The number of hydrogen-bond acceptors (Lipinski definition) is 4. The van der Waals surface area contributed by atoms with E-state index in [1.165, 1.54) is 9.13 Å². The number of aromatic nitrogens is 5. The third kappa shape index (κ3) is 2.79. The summed E-state index contributed by atoms with van der Waals surface area (Å²) in [5.41, 5.74) is 3.46. The molecule has 0 radical (unpaired) electrons. The smallest absolute Gasteiger partial charge is 0.332 e. The molecule has 0 spiro atoms. The Hall–Kier alpha value is -3.55. The maximum atomic E-state index is 13.3. The highest BCUT2D eigenvalue weighted by Gasteiger charge is 2.23. The highest BCUT2D eigenvalue weighted by Crippen LogP contribution is 2.25. The lowest BCUT2D eigenvalue weighted by atomic mass is 10.3. The van der Waals surface area contributed by atoms with Gasteiger partial charge in [-0.15, -0.1) is 0 Å². The van der Waals surface area contributed by atoms with Gasteiger partial charge in [-0.25, -0.2) is 4.79 Å². The molecule has 0 fully saturated rings. The molecule has 8 heteroatoms. The van der Waals surface area contributed by atoms with E-state index in [9.17, 15) is 9.59 Å². The van der Waals surface area contributed by atoms with E-state index < -0.39 is 5.69 Å². The van der Waals surface area contributed by atoms with Gasteiger partial charge in [0.05, 0.1) is 13.2 Å². The van der Waals surface area contributed by atoms with Gasteiger partial charge in [0.15, 0.2) is 11.2 Å². The third-order valence-corrected chi connectivity index (χ3v) is 5.35. The Balaban J connectivity index is 2.07. The number of imidazole rings is 2. The molecule has 0 aliphatic heterocycles. The molecule has 0 saturated heterocycles. The van der Waals surface area contributed by atoms with Crippen LogP contribution in [0.1, 0.15) is 25.2 Å². The monoisotopic (exact) mass is 407 g/mol. The van der Waals surface area contributed by atoms with Gasteiger partial charge < -0.3 is 4.74 Å². The lowest BCUT2D eigenvalue weighted by molar-refractivity contribution is 0.340. The van der Waals surface area contributed by atoms with Crippen LogP contribution in [-0.2, 0) is 13.6 Å². The van der Waals surface area contributed by atoms with Crippen molar-refractivity contribution in [1.82, 2.24) is 23.1 Å². The fraction of sp³-hybridized carbons (Fsp3) is 0.318. The highest BCUT2D eigenvalue weighted by atomic mass is 16.5. The number of aryl methyl sites for hydroxylation is 2. The summed E-state index contributed by atoms with van der Waals surface area (Å²) in [6.07, 6.45) is 0. The van der Waals surface area contributed by atoms with E-state index in [-0.39, 0.29) is 12.1 Å². The standard InChI is InChI=1S/C22H25N5O3/c1-7-30-17-10-8-16(9-11-17)26-14(4)15(5)27-18-19(23-21(26)27)24(6)22(29)25(20(18)28)12-13(2)3/h8-11H,2,7,12H2,1,3-6H3. The van der Waals surface area contributed by atoms with Gasteiger partial charge in [0.25, 0.3) is 5.56 Å². The van der Waals surface area contributed by atoms with Crippen LogP contribution < -0.4 is 16.0 Å². The number of benzene rings is 1. The van der Waals surface area contributed by atoms with Gasteiger partial charge in [-0.1, -0.05) is 12.2 Å². The average Bonchev–Trinajstić information content (AvgIpc) is 3.20. The lowest BCUT2D eigenvalue weighted by Gasteiger charge is -2.09. The zero-order valence-electron chi connectivity index (χ0n) is 17.9. The minimum Gasteiger partial charge on any atom is -0.494 e. The van der Waals surface area contributed by atoms with Crippen LogP contribution in [0.3, 0.4) is 0 Å². The molecule has 0 saturated carbocycles. The molecule has 0 aliphatic rings. The highest BCUT2D eigenvalue weighted by molar-refractivity contribution is 5.77. The van der Waals surface area contributed by atoms with Crippen LogP contribution in [-0.4, -0.2) is 29.7 Å². The Kier molecular flexibility index (Phi) is 4.64. The summed E-state index contributed by atoms with van der Waals surface area (Å²) in [6, 6.07) is 7.72. The van der Waals surface area contributed by atoms with Crippen molar-refractivity contribution in [2.45, 2.75) is 34.2 Å². The minimum atomic E-state index is -0.404. The molecule has 3 heterocycles. The van der Waals surface area contributed by atoms with Gasteiger partial charge in [-0.05, 0) is 52.0 Å². The molecule has 0 N–H and O–H groups in total. The summed E-state index contributed by atoms with van der Waals surface area (Å²) in [6.45, 7) is 12.3. The third-order valence-electron chi connectivity index (χ3n) is 5.35. The van der Waals surface area contributed by atoms with E-state index in [1.54, 1.807) is 14.0 Å². The molecule has 8 nitrogen and oxygen atoms in total. The largest absolute Gasteiger partial charge is 0.494 e. The van der Waals surface area contributed by atoms with Crippen molar-refractivity contribution < 1.29 is 4.74 Å². The van der Waals surface area contributed by atoms with E-state index in [4.69, 9.17) is 9.72 Å². The zero-order valence-corrected chi connectivity index (χ0v) is 17.9. The van der Waals surface area contributed by atoms with Crippen molar-refractivity contribution in [3.05, 3.63) is 68.6 Å². The van der Waals surface area contributed by atoms with E-state index in [0.717, 1.165) is 28.4 Å². The van der Waals surface area contributed by atoms with E-state index in [2.05, 4.69) is 6.58 Å². The predicted octanol–water partition coefficient (Wildman–Crippen LogP) is 2.73. The van der Waals surface area contributed by atoms with Crippen molar-refractivity contribution >= 4 is 16.9 Å². The first kappa shape index (κ1) is 19.8. The zero-order chi connectivity index (χ0) is 21.7. The van der Waals surface area contributed by atoms with Crippen LogP contribution in [0.4, 0.5) is 0 Å². The van der Waals surface area contributed by atoms with Gasteiger partial charge in [0.1, 0.15) is 5.75 Å². The second-order valence-electron chi connectivity index (χ2n) is 7.54. The molecule has 0 unspecified atom stereocenters. The van der Waals surface area contributed by atoms with Crippen molar-refractivity contribution in [3.63, 3.8) is 0 Å². The van der Waals surface area contributed by atoms with Crippen molar-refractivity contribution in [2.24, 2.45) is 7.05 Å². The van der Waals surface area contributed by atoms with Gasteiger partial charge >= 0.3 is 5.69 Å². The first-order valence-electron chi connectivity index (χ1n) is 9.83. The Morgan fingerprint density at radius 2 is 1.80 bits per heavy atom. The summed E-state index contributed by atoms with van der Waals surface area (Å²) in [4.78, 5) is 30.7. The maximum Gasteiger partial charge on any atom is 0.332 e. The summed E-state index contributed by atoms with van der Waals surface area (Å²) >= 11 is 0. The molecular formula is C22H25N5O3. The first-order chi connectivity index (χ1) is 14.3. The van der Waals surface area contributed by atoms with Crippen molar-refractivity contribution in [1.29, 1.82) is 0 Å². The summed E-state index contributed by atoms with van der Waals surface area (Å²) in [5, 5.41) is 0. The van der Waals surface area contributed by atoms with Crippen LogP contribution in [0.25, 0.3) is 22.6 Å². The molecule has 4 rings (SSSR count). The number of hydrogen-bond donors (Lipinski definition) is 0. The molecule has 30 heavy (non-hydrogen) atoms. The van der Waals surface area contributed by atoms with Gasteiger partial charge in [0.2, 0.25) is 5.78 Å². The molecule has 0 bridgehead atoms. The normalized spacial score (nSPS) is 11.5. The number of rotatable bonds is 5. The summed E-state index contributed by atoms with van der Waals surface area (Å²) < 4.78 is 12.0. The maximum absolute atomic E-state index is 13.3. The van der Waals surface area contributed by atoms with Gasteiger partial charge in [-0.2, -0.15) is 4.98 Å². The Labute approximate surface area is 173 Å². The number of nitrogens with zero attached hydrogens (tertiary/aromatic N) is 5. The number of fused-ring (bicyclic) bond motifs is 3. The van der Waals surface area contributed by atoms with Gasteiger partial charge in [-0.3, -0.25) is 22.9 Å². The number of allylic oxidation sites excluding steroid dienone is 1. The van der Waals surface area contributed by atoms with Crippen molar-refractivity contribution in [3.8, 4) is 11.4 Å². The van der Waals surface area contributed by atoms with E-state index in [1.807, 2.05) is 54.0 Å². The molecule has 3 aromatic heterocycles. The first-order valence-corrected chi connectivity index (χ1v) is 9.83. The Morgan fingerprint density at radius 1 is 1.13 bits per heavy atom. The van der Waals surface area contributed by atoms with Crippen LogP contribution in [0.5, 0.6) is 5.75 Å². The molecule has 156 valence electrons. The number of ether oxygens (including phenoxy) is 1.